The first kappa shape index (κ1) is 13.3. The van der Waals surface area contributed by atoms with E-state index in [1.165, 1.54) is 0 Å². The molecule has 0 aromatic rings. The molecule has 4 heteroatoms. The van der Waals surface area contributed by atoms with Crippen LogP contribution in [0, 0.1) is 0 Å². The molecule has 4 nitrogen and oxygen atoms in total. The molecule has 16 heavy (non-hydrogen) atoms. The topological polar surface area (TPSA) is 49.8 Å². The molecular formula is C12H23NO3. The molecule has 1 amide bonds. The zero-order valence-corrected chi connectivity index (χ0v) is 10.7. The van der Waals surface area contributed by atoms with E-state index in [1.807, 2.05) is 20.8 Å². The van der Waals surface area contributed by atoms with Gasteiger partial charge in [-0.3, -0.25) is 0 Å². The Balaban J connectivity index is 2.61. The minimum atomic E-state index is -0.784. The fourth-order valence-corrected chi connectivity index (χ4v) is 1.86. The third-order valence-electron chi connectivity index (χ3n) is 2.58. The van der Waals surface area contributed by atoms with Crippen LogP contribution in [-0.2, 0) is 4.74 Å². The Morgan fingerprint density at radius 3 is 2.56 bits per heavy atom. The van der Waals surface area contributed by atoms with E-state index in [1.54, 1.807) is 11.8 Å². The van der Waals surface area contributed by atoms with Crippen molar-refractivity contribution in [1.82, 2.24) is 4.90 Å². The molecule has 94 valence electrons. The highest BCUT2D eigenvalue weighted by molar-refractivity contribution is 5.68. The van der Waals surface area contributed by atoms with Crippen LogP contribution in [0.3, 0.4) is 0 Å². The van der Waals surface area contributed by atoms with Gasteiger partial charge in [0.25, 0.3) is 0 Å². The number of nitrogens with zero attached hydrogens (tertiary/aromatic N) is 1. The van der Waals surface area contributed by atoms with E-state index in [-0.39, 0.29) is 6.09 Å². The van der Waals surface area contributed by atoms with Gasteiger partial charge in [-0.2, -0.15) is 0 Å². The molecule has 1 unspecified atom stereocenters. The van der Waals surface area contributed by atoms with Gasteiger partial charge < -0.3 is 14.7 Å². The standard InChI is InChI=1S/C12H23NO3/c1-11(2,3)16-10(14)13-8-6-5-7-12(4,15)9-13/h15H,5-9H2,1-4H3. The Labute approximate surface area is 97.6 Å². The SMILES string of the molecule is CC1(O)CCCCN(C(=O)OC(C)(C)C)C1. The lowest BCUT2D eigenvalue weighted by Crippen LogP contribution is -2.44. The van der Waals surface area contributed by atoms with Crippen LogP contribution in [-0.4, -0.2) is 40.4 Å². The summed E-state index contributed by atoms with van der Waals surface area (Å²) in [6, 6.07) is 0. The number of likely N-dealkylation sites (tertiary alicyclic amines) is 1. The molecule has 1 saturated heterocycles. The van der Waals surface area contributed by atoms with Crippen molar-refractivity contribution in [3.05, 3.63) is 0 Å². The van der Waals surface area contributed by atoms with Gasteiger partial charge in [0.2, 0.25) is 0 Å². The average molecular weight is 229 g/mol. The van der Waals surface area contributed by atoms with Gasteiger partial charge in [-0.1, -0.05) is 0 Å². The van der Waals surface area contributed by atoms with Gasteiger partial charge in [-0.05, 0) is 47.0 Å². The molecular weight excluding hydrogens is 206 g/mol. The third-order valence-corrected chi connectivity index (χ3v) is 2.58. The Hall–Kier alpha value is -0.770. The van der Waals surface area contributed by atoms with Crippen molar-refractivity contribution >= 4 is 6.09 Å². The third kappa shape index (κ3) is 4.39. The fraction of sp³-hybridized carbons (Fsp3) is 0.917. The van der Waals surface area contributed by atoms with Crippen molar-refractivity contribution in [3.63, 3.8) is 0 Å². The zero-order valence-electron chi connectivity index (χ0n) is 10.7. The van der Waals surface area contributed by atoms with Gasteiger partial charge in [0, 0.05) is 6.54 Å². The number of rotatable bonds is 0. The summed E-state index contributed by atoms with van der Waals surface area (Å²) in [7, 11) is 0. The first-order valence-electron chi connectivity index (χ1n) is 5.90. The number of ether oxygens (including phenoxy) is 1. The van der Waals surface area contributed by atoms with E-state index >= 15 is 0 Å². The second-order valence-corrected chi connectivity index (χ2v) is 5.86. The van der Waals surface area contributed by atoms with Crippen molar-refractivity contribution in [2.75, 3.05) is 13.1 Å². The monoisotopic (exact) mass is 229 g/mol. The van der Waals surface area contributed by atoms with Gasteiger partial charge >= 0.3 is 6.09 Å². The van der Waals surface area contributed by atoms with Gasteiger partial charge in [0.05, 0.1) is 12.1 Å². The smallest absolute Gasteiger partial charge is 0.410 e. The van der Waals surface area contributed by atoms with Crippen LogP contribution >= 0.6 is 0 Å². The van der Waals surface area contributed by atoms with Crippen molar-refractivity contribution in [2.45, 2.75) is 58.2 Å². The molecule has 1 heterocycles. The van der Waals surface area contributed by atoms with E-state index < -0.39 is 11.2 Å². The Kier molecular flexibility index (Phi) is 3.84. The number of carbonyl (C=O) groups is 1. The molecule has 1 N–H and O–H groups in total. The molecule has 0 spiro atoms. The Bertz CT molecular complexity index is 255. The molecule has 0 radical (unpaired) electrons. The van der Waals surface area contributed by atoms with Gasteiger partial charge in [0.1, 0.15) is 5.60 Å². The van der Waals surface area contributed by atoms with Gasteiger partial charge in [-0.25, -0.2) is 4.79 Å². The summed E-state index contributed by atoms with van der Waals surface area (Å²) in [5.41, 5.74) is -1.26. The number of β-amino-alcohol motifs (C(OH)–C–C–N with tert-alkyl or cyclic N) is 1. The molecule has 1 atom stereocenters. The maximum atomic E-state index is 11.8. The number of hydrogen-bond acceptors (Lipinski definition) is 3. The van der Waals surface area contributed by atoms with Crippen LogP contribution in [0.5, 0.6) is 0 Å². The van der Waals surface area contributed by atoms with Crippen LogP contribution in [0.1, 0.15) is 47.0 Å². The highest BCUT2D eigenvalue weighted by atomic mass is 16.6. The van der Waals surface area contributed by atoms with Crippen molar-refractivity contribution in [1.29, 1.82) is 0 Å². The highest BCUT2D eigenvalue weighted by Crippen LogP contribution is 2.21. The van der Waals surface area contributed by atoms with E-state index in [0.717, 1.165) is 19.3 Å². The van der Waals surface area contributed by atoms with Crippen LogP contribution in [0.2, 0.25) is 0 Å². The van der Waals surface area contributed by atoms with Crippen molar-refractivity contribution in [2.24, 2.45) is 0 Å². The number of aliphatic hydroxyl groups is 1. The van der Waals surface area contributed by atoms with Crippen LogP contribution in [0.4, 0.5) is 4.79 Å². The summed E-state index contributed by atoms with van der Waals surface area (Å²) in [5.74, 6) is 0. The van der Waals surface area contributed by atoms with Crippen molar-refractivity contribution in [3.8, 4) is 0 Å². The summed E-state index contributed by atoms with van der Waals surface area (Å²) in [6.07, 6.45) is 2.29. The largest absolute Gasteiger partial charge is 0.444 e. The molecule has 1 aliphatic heterocycles. The van der Waals surface area contributed by atoms with Crippen LogP contribution in [0.15, 0.2) is 0 Å². The first-order chi connectivity index (χ1) is 7.20. The van der Waals surface area contributed by atoms with Crippen LogP contribution < -0.4 is 0 Å². The quantitative estimate of drug-likeness (QED) is 0.692. The summed E-state index contributed by atoms with van der Waals surface area (Å²) in [5, 5.41) is 10.0. The van der Waals surface area contributed by atoms with E-state index in [9.17, 15) is 9.90 Å². The lowest BCUT2D eigenvalue weighted by molar-refractivity contribution is -0.00567. The van der Waals surface area contributed by atoms with Gasteiger partial charge in [-0.15, -0.1) is 0 Å². The molecule has 0 saturated carbocycles. The maximum absolute atomic E-state index is 11.8. The molecule has 1 aliphatic rings. The minimum Gasteiger partial charge on any atom is -0.444 e. The predicted octanol–water partition coefficient (Wildman–Crippen LogP) is 2.16. The minimum absolute atomic E-state index is 0.324. The highest BCUT2D eigenvalue weighted by Gasteiger charge is 2.31. The van der Waals surface area contributed by atoms with E-state index in [0.29, 0.717) is 13.1 Å². The van der Waals surface area contributed by atoms with Crippen molar-refractivity contribution < 1.29 is 14.6 Å². The summed E-state index contributed by atoms with van der Waals surface area (Å²) < 4.78 is 5.30. The van der Waals surface area contributed by atoms with Crippen LogP contribution in [0.25, 0.3) is 0 Å². The van der Waals surface area contributed by atoms with E-state index in [4.69, 9.17) is 4.74 Å². The summed E-state index contributed by atoms with van der Waals surface area (Å²) >= 11 is 0. The normalized spacial score (nSPS) is 27.4. The molecule has 1 rings (SSSR count). The molecule has 1 fully saturated rings. The molecule has 0 aromatic carbocycles. The molecule has 0 aliphatic carbocycles. The average Bonchev–Trinajstić information content (AvgIpc) is 2.23. The lowest BCUT2D eigenvalue weighted by Gasteiger charge is -2.30. The Morgan fingerprint density at radius 2 is 2.00 bits per heavy atom. The predicted molar refractivity (Wildman–Crippen MR) is 62.3 cm³/mol. The fourth-order valence-electron chi connectivity index (χ4n) is 1.86. The van der Waals surface area contributed by atoms with E-state index in [2.05, 4.69) is 0 Å². The first-order valence-corrected chi connectivity index (χ1v) is 5.90. The number of carbonyl (C=O) groups excluding carboxylic acids is 1. The summed E-state index contributed by atoms with van der Waals surface area (Å²) in [4.78, 5) is 13.5. The second-order valence-electron chi connectivity index (χ2n) is 5.86. The molecule has 0 aromatic heterocycles. The maximum Gasteiger partial charge on any atom is 0.410 e. The zero-order chi connectivity index (χ0) is 12.4. The molecule has 0 bridgehead atoms. The second kappa shape index (κ2) is 4.62. The van der Waals surface area contributed by atoms with Gasteiger partial charge in [0.15, 0.2) is 0 Å². The lowest BCUT2D eigenvalue weighted by atomic mass is 10.0. The Morgan fingerprint density at radius 1 is 1.38 bits per heavy atom. The summed E-state index contributed by atoms with van der Waals surface area (Å²) in [6.45, 7) is 8.35. The number of hydrogen-bond donors (Lipinski definition) is 1. The number of amides is 1.